The average Bonchev–Trinajstić information content (AvgIpc) is 2.46. The molecule has 0 fully saturated rings. The predicted molar refractivity (Wildman–Crippen MR) is 73.4 cm³/mol. The van der Waals surface area contributed by atoms with Gasteiger partial charge in [-0.1, -0.05) is 54.6 Å². The molecule has 0 atom stereocenters. The van der Waals surface area contributed by atoms with Gasteiger partial charge in [0.15, 0.2) is 0 Å². The Balaban J connectivity index is 2.03. The summed E-state index contributed by atoms with van der Waals surface area (Å²) >= 11 is 0. The Kier molecular flexibility index (Phi) is 2.84. The predicted octanol–water partition coefficient (Wildman–Crippen LogP) is 5.06. The molecule has 0 saturated carbocycles. The molecule has 0 aliphatic carbocycles. The van der Waals surface area contributed by atoms with Gasteiger partial charge in [0.25, 0.3) is 0 Å². The number of rotatable bonds is 2. The van der Waals surface area contributed by atoms with E-state index in [1.165, 1.54) is 0 Å². The fourth-order valence-corrected chi connectivity index (χ4v) is 1.83. The molecule has 1 radical (unpaired) electrons. The number of azo groups is 1. The maximum Gasteiger partial charge on any atom is 0.101 e. The smallest absolute Gasteiger partial charge is 0.101 e. The van der Waals surface area contributed by atoms with Gasteiger partial charge in [0, 0.05) is 11.5 Å². The molecule has 0 aliphatic rings. The number of nitrogens with zero attached hydrogens (tertiary/aromatic N) is 2. The molecule has 18 heavy (non-hydrogen) atoms. The standard InChI is InChI=1S/C16H11N2/c1-2-9-14(10-3-1)17-18-16-12-6-8-13-7-4-5-11-15(13)16/h1-11H/b18-17+. The first-order chi connectivity index (χ1) is 8.93. The highest BCUT2D eigenvalue weighted by Crippen LogP contribution is 2.26. The monoisotopic (exact) mass is 231 g/mol. The Hall–Kier alpha value is -2.48. The molecule has 0 unspecified atom stereocenters. The van der Waals surface area contributed by atoms with Crippen LogP contribution in [0.4, 0.5) is 11.4 Å². The molecule has 3 rings (SSSR count). The van der Waals surface area contributed by atoms with E-state index in [1.807, 2.05) is 60.7 Å². The molecule has 0 spiro atoms. The molecule has 3 aromatic rings. The number of hydrogen-bond acceptors (Lipinski definition) is 2. The van der Waals surface area contributed by atoms with Gasteiger partial charge in [0.2, 0.25) is 0 Å². The van der Waals surface area contributed by atoms with Crippen molar-refractivity contribution in [1.29, 1.82) is 0 Å². The number of hydrogen-bond donors (Lipinski definition) is 0. The van der Waals surface area contributed by atoms with Gasteiger partial charge in [-0.15, -0.1) is 5.11 Å². The van der Waals surface area contributed by atoms with E-state index in [-0.39, 0.29) is 0 Å². The first-order valence-electron chi connectivity index (χ1n) is 5.80. The van der Waals surface area contributed by atoms with E-state index in [0.29, 0.717) is 0 Å². The maximum absolute atomic E-state index is 4.27. The van der Waals surface area contributed by atoms with Crippen molar-refractivity contribution >= 4 is 22.1 Å². The summed E-state index contributed by atoms with van der Waals surface area (Å²) in [5.41, 5.74) is 1.62. The Bertz CT molecular complexity index is 682. The third kappa shape index (κ3) is 2.13. The van der Waals surface area contributed by atoms with Gasteiger partial charge in [-0.25, -0.2) is 0 Å². The van der Waals surface area contributed by atoms with Crippen molar-refractivity contribution in [2.75, 3.05) is 0 Å². The third-order valence-electron chi connectivity index (χ3n) is 2.72. The van der Waals surface area contributed by atoms with Crippen LogP contribution in [0.25, 0.3) is 10.8 Å². The Morgan fingerprint density at radius 2 is 1.50 bits per heavy atom. The fourth-order valence-electron chi connectivity index (χ4n) is 1.83. The average molecular weight is 231 g/mol. The second-order valence-corrected chi connectivity index (χ2v) is 3.95. The quantitative estimate of drug-likeness (QED) is 0.551. The summed E-state index contributed by atoms with van der Waals surface area (Å²) in [7, 11) is 0. The SMILES string of the molecule is [c]1ccc2ccccc2c1/N=N/c1ccccc1. The minimum Gasteiger partial charge on any atom is -0.151 e. The topological polar surface area (TPSA) is 24.7 Å². The van der Waals surface area contributed by atoms with Crippen LogP contribution in [0.15, 0.2) is 77.0 Å². The van der Waals surface area contributed by atoms with Crippen LogP contribution >= 0.6 is 0 Å². The van der Waals surface area contributed by atoms with Crippen LogP contribution in [0, 0.1) is 6.07 Å². The van der Waals surface area contributed by atoms with Crippen molar-refractivity contribution in [3.05, 3.63) is 72.8 Å². The molecule has 0 aromatic heterocycles. The van der Waals surface area contributed by atoms with Gasteiger partial charge >= 0.3 is 0 Å². The third-order valence-corrected chi connectivity index (χ3v) is 2.72. The van der Waals surface area contributed by atoms with Crippen molar-refractivity contribution < 1.29 is 0 Å². The lowest BCUT2D eigenvalue weighted by molar-refractivity contribution is 1.24. The van der Waals surface area contributed by atoms with Crippen molar-refractivity contribution in [2.45, 2.75) is 0 Å². The van der Waals surface area contributed by atoms with Crippen LogP contribution < -0.4 is 0 Å². The molecule has 0 amide bonds. The van der Waals surface area contributed by atoms with E-state index in [1.54, 1.807) is 0 Å². The van der Waals surface area contributed by atoms with Crippen molar-refractivity contribution in [1.82, 2.24) is 0 Å². The summed E-state index contributed by atoms with van der Waals surface area (Å²) in [4.78, 5) is 0. The van der Waals surface area contributed by atoms with Crippen LogP contribution in [0.5, 0.6) is 0 Å². The van der Waals surface area contributed by atoms with E-state index in [2.05, 4.69) is 22.4 Å². The first kappa shape index (κ1) is 10.7. The Morgan fingerprint density at radius 3 is 2.39 bits per heavy atom. The Labute approximate surface area is 106 Å². The zero-order valence-corrected chi connectivity index (χ0v) is 9.75. The highest BCUT2D eigenvalue weighted by atomic mass is 15.1. The molecule has 0 saturated heterocycles. The molecule has 0 aliphatic heterocycles. The van der Waals surface area contributed by atoms with Gasteiger partial charge in [0.05, 0.1) is 5.69 Å². The lowest BCUT2D eigenvalue weighted by Gasteiger charge is -1.99. The summed E-state index contributed by atoms with van der Waals surface area (Å²) in [6.45, 7) is 0. The highest BCUT2D eigenvalue weighted by molar-refractivity contribution is 5.91. The molecular weight excluding hydrogens is 220 g/mol. The molecule has 2 heteroatoms. The second kappa shape index (κ2) is 4.80. The summed E-state index contributed by atoms with van der Waals surface area (Å²) in [5.74, 6) is 0. The first-order valence-corrected chi connectivity index (χ1v) is 5.80. The van der Waals surface area contributed by atoms with Crippen LogP contribution in [0.2, 0.25) is 0 Å². The van der Waals surface area contributed by atoms with E-state index in [0.717, 1.165) is 22.1 Å². The van der Waals surface area contributed by atoms with Crippen LogP contribution in [0.3, 0.4) is 0 Å². The molecule has 0 bridgehead atoms. The van der Waals surface area contributed by atoms with Crippen molar-refractivity contribution in [3.8, 4) is 0 Å². The lowest BCUT2D eigenvalue weighted by atomic mass is 10.1. The molecular formula is C16H11N2. The van der Waals surface area contributed by atoms with Crippen LogP contribution in [-0.4, -0.2) is 0 Å². The summed E-state index contributed by atoms with van der Waals surface area (Å²) < 4.78 is 0. The summed E-state index contributed by atoms with van der Waals surface area (Å²) in [6.07, 6.45) is 0. The second-order valence-electron chi connectivity index (χ2n) is 3.95. The largest absolute Gasteiger partial charge is 0.151 e. The minimum atomic E-state index is 0.775. The molecule has 3 aromatic carbocycles. The normalized spacial score (nSPS) is 11.1. The molecule has 0 heterocycles. The number of fused-ring (bicyclic) bond motifs is 1. The Morgan fingerprint density at radius 1 is 0.722 bits per heavy atom. The zero-order valence-electron chi connectivity index (χ0n) is 9.75. The van der Waals surface area contributed by atoms with Gasteiger partial charge in [-0.2, -0.15) is 5.11 Å². The number of benzene rings is 3. The van der Waals surface area contributed by atoms with E-state index in [4.69, 9.17) is 0 Å². The zero-order chi connectivity index (χ0) is 12.2. The van der Waals surface area contributed by atoms with Crippen molar-refractivity contribution in [2.24, 2.45) is 10.2 Å². The maximum atomic E-state index is 4.27. The molecule has 0 N–H and O–H groups in total. The van der Waals surface area contributed by atoms with E-state index in [9.17, 15) is 0 Å². The minimum absolute atomic E-state index is 0.775. The van der Waals surface area contributed by atoms with Crippen molar-refractivity contribution in [3.63, 3.8) is 0 Å². The van der Waals surface area contributed by atoms with Crippen LogP contribution in [-0.2, 0) is 0 Å². The fraction of sp³-hybridized carbons (Fsp3) is 0. The van der Waals surface area contributed by atoms with Gasteiger partial charge in [0.1, 0.15) is 5.69 Å². The van der Waals surface area contributed by atoms with Gasteiger partial charge < -0.3 is 0 Å². The highest BCUT2D eigenvalue weighted by Gasteiger charge is 1.98. The molecule has 85 valence electrons. The molecule has 2 nitrogen and oxygen atoms in total. The van der Waals surface area contributed by atoms with Crippen LogP contribution in [0.1, 0.15) is 0 Å². The lowest BCUT2D eigenvalue weighted by Crippen LogP contribution is -1.72. The summed E-state index contributed by atoms with van der Waals surface area (Å²) in [5, 5.41) is 10.7. The van der Waals surface area contributed by atoms with E-state index >= 15 is 0 Å². The van der Waals surface area contributed by atoms with E-state index < -0.39 is 0 Å². The summed E-state index contributed by atoms with van der Waals surface area (Å²) in [6, 6.07) is 24.8. The van der Waals surface area contributed by atoms with Gasteiger partial charge in [-0.05, 0) is 17.5 Å². The van der Waals surface area contributed by atoms with Gasteiger partial charge in [-0.3, -0.25) is 0 Å².